The maximum Gasteiger partial charge on any atom is 0.323 e. The molecule has 17 heavy (non-hydrogen) atoms. The van der Waals surface area contributed by atoms with Gasteiger partial charge >= 0.3 is 5.69 Å². The number of Topliss-reactive ketones (excluding diaryl/α,β-unsaturated/α-hetero) is 1. The molecular formula is C11H15NO4S. The highest BCUT2D eigenvalue weighted by Crippen LogP contribution is 2.38. The van der Waals surface area contributed by atoms with Crippen LogP contribution in [0.3, 0.4) is 0 Å². The lowest BCUT2D eigenvalue weighted by Crippen LogP contribution is -2.18. The molecule has 0 aliphatic rings. The van der Waals surface area contributed by atoms with Crippen LogP contribution in [0.5, 0.6) is 5.06 Å². The van der Waals surface area contributed by atoms with Crippen molar-refractivity contribution in [2.24, 2.45) is 5.92 Å². The molecule has 1 aromatic rings. The van der Waals surface area contributed by atoms with Gasteiger partial charge in [0.05, 0.1) is 15.9 Å². The van der Waals surface area contributed by atoms with Gasteiger partial charge in [-0.05, 0) is 19.8 Å². The van der Waals surface area contributed by atoms with Crippen LogP contribution in [0.15, 0.2) is 6.07 Å². The van der Waals surface area contributed by atoms with Gasteiger partial charge in [0, 0.05) is 6.07 Å². The maximum atomic E-state index is 11.2. The number of hydrogen-bond donors (Lipinski definition) is 0. The molecule has 0 aliphatic heterocycles. The lowest BCUT2D eigenvalue weighted by Gasteiger charge is -2.15. The van der Waals surface area contributed by atoms with E-state index >= 15 is 0 Å². The van der Waals surface area contributed by atoms with Gasteiger partial charge in [0.2, 0.25) is 0 Å². The minimum absolute atomic E-state index is 0.132. The van der Waals surface area contributed by atoms with Crippen molar-refractivity contribution in [2.75, 3.05) is 0 Å². The summed E-state index contributed by atoms with van der Waals surface area (Å²) in [6, 6.07) is 1.27. The van der Waals surface area contributed by atoms with Crippen LogP contribution in [0.4, 0.5) is 5.69 Å². The summed E-state index contributed by atoms with van der Waals surface area (Å²) in [5, 5.41) is 11.0. The molecule has 0 amide bonds. The normalized spacial score (nSPS) is 12.5. The molecule has 0 spiro atoms. The molecule has 0 saturated heterocycles. The third-order valence-electron chi connectivity index (χ3n) is 2.46. The van der Waals surface area contributed by atoms with Gasteiger partial charge in [0.1, 0.15) is 0 Å². The number of nitrogens with zero attached hydrogens (tertiary/aromatic N) is 1. The van der Waals surface area contributed by atoms with Crippen molar-refractivity contribution in [3.63, 3.8) is 0 Å². The molecule has 94 valence electrons. The Bertz CT molecular complexity index is 439. The lowest BCUT2D eigenvalue weighted by molar-refractivity contribution is -0.385. The molecule has 0 N–H and O–H groups in total. The summed E-state index contributed by atoms with van der Waals surface area (Å²) in [5.41, 5.74) is -0.132. The molecule has 1 aromatic heterocycles. The second-order valence-corrected chi connectivity index (χ2v) is 5.18. The molecule has 0 radical (unpaired) electrons. The predicted molar refractivity (Wildman–Crippen MR) is 65.9 cm³/mol. The average molecular weight is 257 g/mol. The molecule has 6 heteroatoms. The zero-order chi connectivity index (χ0) is 13.2. The number of carbonyl (C=O) groups excluding carboxylic acids is 1. The molecule has 1 unspecified atom stereocenters. The van der Waals surface area contributed by atoms with Crippen LogP contribution in [-0.4, -0.2) is 16.8 Å². The summed E-state index contributed by atoms with van der Waals surface area (Å²) < 4.78 is 5.52. The van der Waals surface area contributed by atoms with Gasteiger partial charge in [-0.25, -0.2) is 0 Å². The highest BCUT2D eigenvalue weighted by atomic mass is 32.1. The van der Waals surface area contributed by atoms with Crippen LogP contribution in [0, 0.1) is 16.0 Å². The van der Waals surface area contributed by atoms with Crippen LogP contribution < -0.4 is 4.74 Å². The molecule has 1 rings (SSSR count). The van der Waals surface area contributed by atoms with E-state index in [0.717, 1.165) is 11.3 Å². The van der Waals surface area contributed by atoms with E-state index < -0.39 is 4.92 Å². The fourth-order valence-electron chi connectivity index (χ4n) is 1.05. The van der Waals surface area contributed by atoms with Crippen LogP contribution in [0.1, 0.15) is 37.4 Å². The predicted octanol–water partition coefficient (Wildman–Crippen LogP) is 3.28. The summed E-state index contributed by atoms with van der Waals surface area (Å²) >= 11 is 1.03. The molecule has 0 bridgehead atoms. The monoisotopic (exact) mass is 257 g/mol. The van der Waals surface area contributed by atoms with Gasteiger partial charge in [-0.1, -0.05) is 25.2 Å². The van der Waals surface area contributed by atoms with Gasteiger partial charge in [-0.15, -0.1) is 0 Å². The first-order valence-corrected chi connectivity index (χ1v) is 6.10. The third-order valence-corrected chi connectivity index (χ3v) is 3.57. The summed E-state index contributed by atoms with van der Waals surface area (Å²) in [6.45, 7) is 7.17. The molecule has 0 aromatic carbocycles. The van der Waals surface area contributed by atoms with E-state index in [2.05, 4.69) is 0 Å². The van der Waals surface area contributed by atoms with Gasteiger partial charge in [-0.3, -0.25) is 14.9 Å². The minimum Gasteiger partial charge on any atom is -0.476 e. The first kappa shape index (κ1) is 13.6. The number of thiophene rings is 1. The quantitative estimate of drug-likeness (QED) is 0.461. The van der Waals surface area contributed by atoms with Crippen molar-refractivity contribution in [3.05, 3.63) is 21.1 Å². The molecule has 1 heterocycles. The summed E-state index contributed by atoms with van der Waals surface area (Å²) in [5.74, 6) is 0.0580. The number of nitro groups is 1. The standard InChI is InChI=1S/C11H15NO4S/c1-6(2)8(4)16-11-9(12(14)15)5-10(17-11)7(3)13/h5-6,8H,1-4H3. The molecule has 0 saturated carbocycles. The van der Waals surface area contributed by atoms with Gasteiger partial charge in [-0.2, -0.15) is 0 Å². The van der Waals surface area contributed by atoms with Crippen molar-refractivity contribution < 1.29 is 14.5 Å². The smallest absolute Gasteiger partial charge is 0.323 e. The topological polar surface area (TPSA) is 69.4 Å². The Morgan fingerprint density at radius 3 is 2.47 bits per heavy atom. The first-order valence-electron chi connectivity index (χ1n) is 5.28. The highest BCUT2D eigenvalue weighted by Gasteiger charge is 2.24. The van der Waals surface area contributed by atoms with Crippen LogP contribution in [0.2, 0.25) is 0 Å². The Hall–Kier alpha value is -1.43. The summed E-state index contributed by atoms with van der Waals surface area (Å²) in [6.07, 6.45) is -0.132. The van der Waals surface area contributed by atoms with E-state index in [4.69, 9.17) is 4.74 Å². The van der Waals surface area contributed by atoms with E-state index in [0.29, 0.717) is 4.88 Å². The molecule has 1 atom stereocenters. The number of carbonyl (C=O) groups is 1. The van der Waals surface area contributed by atoms with Gasteiger partial charge in [0.15, 0.2) is 5.78 Å². The number of rotatable bonds is 5. The fourth-order valence-corrected chi connectivity index (χ4v) is 2.01. The second kappa shape index (κ2) is 5.27. The van der Waals surface area contributed by atoms with E-state index in [1.165, 1.54) is 13.0 Å². The van der Waals surface area contributed by atoms with E-state index in [1.807, 2.05) is 20.8 Å². The Labute approximate surface area is 104 Å². The van der Waals surface area contributed by atoms with Crippen LogP contribution in [0.25, 0.3) is 0 Å². The SMILES string of the molecule is CC(=O)c1cc([N+](=O)[O-])c(OC(C)C(C)C)s1. The van der Waals surface area contributed by atoms with Crippen molar-refractivity contribution in [2.45, 2.75) is 33.8 Å². The zero-order valence-corrected chi connectivity index (χ0v) is 11.0. The minimum atomic E-state index is -0.522. The number of ether oxygens (including phenoxy) is 1. The largest absolute Gasteiger partial charge is 0.476 e. The van der Waals surface area contributed by atoms with E-state index in [-0.39, 0.29) is 28.6 Å². The van der Waals surface area contributed by atoms with Crippen molar-refractivity contribution in [3.8, 4) is 5.06 Å². The summed E-state index contributed by atoms with van der Waals surface area (Å²) in [7, 11) is 0. The molecule has 0 aliphatic carbocycles. The lowest BCUT2D eigenvalue weighted by atomic mass is 10.1. The number of hydrogen-bond acceptors (Lipinski definition) is 5. The Morgan fingerprint density at radius 1 is 1.47 bits per heavy atom. The zero-order valence-electron chi connectivity index (χ0n) is 10.2. The van der Waals surface area contributed by atoms with Crippen LogP contribution in [-0.2, 0) is 0 Å². The van der Waals surface area contributed by atoms with Gasteiger partial charge in [0.25, 0.3) is 5.06 Å². The Kier molecular flexibility index (Phi) is 4.22. The third kappa shape index (κ3) is 3.26. The summed E-state index contributed by atoms with van der Waals surface area (Å²) in [4.78, 5) is 21.8. The second-order valence-electron chi connectivity index (χ2n) is 4.16. The Balaban J connectivity index is 3.04. The van der Waals surface area contributed by atoms with Crippen LogP contribution >= 0.6 is 11.3 Å². The van der Waals surface area contributed by atoms with Crippen molar-refractivity contribution >= 4 is 22.8 Å². The van der Waals surface area contributed by atoms with Gasteiger partial charge < -0.3 is 4.74 Å². The van der Waals surface area contributed by atoms with E-state index in [1.54, 1.807) is 0 Å². The first-order chi connectivity index (χ1) is 7.82. The highest BCUT2D eigenvalue weighted by molar-refractivity contribution is 7.16. The molecular weight excluding hydrogens is 242 g/mol. The fraction of sp³-hybridized carbons (Fsp3) is 0.545. The molecule has 5 nitrogen and oxygen atoms in total. The maximum absolute atomic E-state index is 11.2. The van der Waals surface area contributed by atoms with E-state index in [9.17, 15) is 14.9 Å². The molecule has 0 fully saturated rings. The Morgan fingerprint density at radius 2 is 2.06 bits per heavy atom. The van der Waals surface area contributed by atoms with Crippen molar-refractivity contribution in [1.82, 2.24) is 0 Å². The number of ketones is 1. The average Bonchev–Trinajstić information content (AvgIpc) is 2.61. The van der Waals surface area contributed by atoms with Crippen molar-refractivity contribution in [1.29, 1.82) is 0 Å².